The Morgan fingerprint density at radius 1 is 1.50 bits per heavy atom. The first-order valence-corrected chi connectivity index (χ1v) is 5.37. The summed E-state index contributed by atoms with van der Waals surface area (Å²) >= 11 is 0. The fraction of sp³-hybridized carbons (Fsp3) is 0.636. The van der Waals surface area contributed by atoms with E-state index in [1.807, 2.05) is 27.7 Å². The molecule has 0 aliphatic carbocycles. The first kappa shape index (κ1) is 12.7. The summed E-state index contributed by atoms with van der Waals surface area (Å²) in [5.41, 5.74) is 7.98. The predicted octanol–water partition coefficient (Wildman–Crippen LogP) is 0.423. The maximum atomic E-state index is 11.8. The molecule has 0 radical (unpaired) electrons. The number of rotatable bonds is 4. The van der Waals surface area contributed by atoms with Gasteiger partial charge in [-0.05, 0) is 27.7 Å². The average molecular weight is 224 g/mol. The Hall–Kier alpha value is -1.36. The van der Waals surface area contributed by atoms with E-state index in [4.69, 9.17) is 5.73 Å². The number of H-pyrrole nitrogens is 1. The van der Waals surface area contributed by atoms with Crippen LogP contribution in [0.5, 0.6) is 0 Å². The SMILES string of the molecule is Cc1n[nH]c(C)c1CC(=O)NC(C)(C)CN. The minimum absolute atomic E-state index is 0.0250. The molecule has 0 bridgehead atoms. The molecule has 4 N–H and O–H groups in total. The molecule has 1 amide bonds. The summed E-state index contributed by atoms with van der Waals surface area (Å²) in [5.74, 6) is -0.0250. The van der Waals surface area contributed by atoms with E-state index in [9.17, 15) is 4.79 Å². The van der Waals surface area contributed by atoms with E-state index in [1.54, 1.807) is 0 Å². The lowest BCUT2D eigenvalue weighted by atomic mass is 10.0. The molecule has 0 saturated heterocycles. The third-order valence-corrected chi connectivity index (χ3v) is 2.61. The van der Waals surface area contributed by atoms with Gasteiger partial charge >= 0.3 is 0 Å². The second kappa shape index (κ2) is 4.65. The number of aromatic nitrogens is 2. The molecule has 1 aromatic rings. The summed E-state index contributed by atoms with van der Waals surface area (Å²) < 4.78 is 0. The summed E-state index contributed by atoms with van der Waals surface area (Å²) in [6.07, 6.45) is 0.345. The molecule has 5 nitrogen and oxygen atoms in total. The van der Waals surface area contributed by atoms with Gasteiger partial charge in [-0.2, -0.15) is 5.10 Å². The Labute approximate surface area is 95.8 Å². The van der Waals surface area contributed by atoms with Gasteiger partial charge in [0.2, 0.25) is 5.91 Å². The minimum atomic E-state index is -0.359. The van der Waals surface area contributed by atoms with E-state index in [-0.39, 0.29) is 11.4 Å². The lowest BCUT2D eigenvalue weighted by molar-refractivity contribution is -0.121. The van der Waals surface area contributed by atoms with Gasteiger partial charge in [-0.15, -0.1) is 0 Å². The van der Waals surface area contributed by atoms with Crippen molar-refractivity contribution in [3.05, 3.63) is 17.0 Å². The molecule has 0 unspecified atom stereocenters. The molecular weight excluding hydrogens is 204 g/mol. The molecular formula is C11H20N4O. The van der Waals surface area contributed by atoms with Crippen LogP contribution in [-0.2, 0) is 11.2 Å². The zero-order chi connectivity index (χ0) is 12.3. The molecule has 90 valence electrons. The van der Waals surface area contributed by atoms with Gasteiger partial charge in [-0.1, -0.05) is 0 Å². The third-order valence-electron chi connectivity index (χ3n) is 2.61. The minimum Gasteiger partial charge on any atom is -0.350 e. The normalized spacial score (nSPS) is 11.6. The van der Waals surface area contributed by atoms with Crippen molar-refractivity contribution in [1.82, 2.24) is 15.5 Å². The van der Waals surface area contributed by atoms with Gasteiger partial charge in [0.1, 0.15) is 0 Å². The van der Waals surface area contributed by atoms with Crippen LogP contribution < -0.4 is 11.1 Å². The van der Waals surface area contributed by atoms with E-state index in [0.29, 0.717) is 13.0 Å². The van der Waals surface area contributed by atoms with Crippen molar-refractivity contribution in [2.24, 2.45) is 5.73 Å². The largest absolute Gasteiger partial charge is 0.350 e. The Kier molecular flexibility index (Phi) is 3.70. The van der Waals surface area contributed by atoms with Crippen LogP contribution in [0.15, 0.2) is 0 Å². The highest BCUT2D eigenvalue weighted by Crippen LogP contribution is 2.10. The molecule has 0 saturated carbocycles. The van der Waals surface area contributed by atoms with Crippen molar-refractivity contribution < 1.29 is 4.79 Å². The summed E-state index contributed by atoms with van der Waals surface area (Å²) in [4.78, 5) is 11.8. The van der Waals surface area contributed by atoms with Gasteiger partial charge in [-0.3, -0.25) is 9.89 Å². The van der Waals surface area contributed by atoms with Crippen molar-refractivity contribution >= 4 is 5.91 Å². The summed E-state index contributed by atoms with van der Waals surface area (Å²) in [6, 6.07) is 0. The van der Waals surface area contributed by atoms with Crippen molar-refractivity contribution in [1.29, 1.82) is 0 Å². The Morgan fingerprint density at radius 2 is 2.12 bits per heavy atom. The molecule has 0 aliphatic rings. The number of aromatic amines is 1. The fourth-order valence-corrected chi connectivity index (χ4v) is 1.47. The van der Waals surface area contributed by atoms with Crippen LogP contribution in [0.1, 0.15) is 30.8 Å². The molecule has 5 heteroatoms. The molecule has 0 fully saturated rings. The fourth-order valence-electron chi connectivity index (χ4n) is 1.47. The Morgan fingerprint density at radius 3 is 2.56 bits per heavy atom. The van der Waals surface area contributed by atoms with Crippen LogP contribution in [0.25, 0.3) is 0 Å². The highest BCUT2D eigenvalue weighted by Gasteiger charge is 2.19. The zero-order valence-electron chi connectivity index (χ0n) is 10.3. The van der Waals surface area contributed by atoms with Gasteiger partial charge < -0.3 is 11.1 Å². The van der Waals surface area contributed by atoms with Crippen LogP contribution in [0.4, 0.5) is 0 Å². The van der Waals surface area contributed by atoms with Crippen molar-refractivity contribution in [3.8, 4) is 0 Å². The quantitative estimate of drug-likeness (QED) is 0.693. The molecule has 0 aromatic carbocycles. The van der Waals surface area contributed by atoms with E-state index in [0.717, 1.165) is 17.0 Å². The zero-order valence-corrected chi connectivity index (χ0v) is 10.3. The lowest BCUT2D eigenvalue weighted by Gasteiger charge is -2.24. The first-order valence-electron chi connectivity index (χ1n) is 5.37. The van der Waals surface area contributed by atoms with Crippen LogP contribution >= 0.6 is 0 Å². The lowest BCUT2D eigenvalue weighted by Crippen LogP contribution is -2.49. The summed E-state index contributed by atoms with van der Waals surface area (Å²) in [7, 11) is 0. The number of hydrogen-bond acceptors (Lipinski definition) is 3. The van der Waals surface area contributed by atoms with Crippen LogP contribution in [-0.4, -0.2) is 28.2 Å². The monoisotopic (exact) mass is 224 g/mol. The smallest absolute Gasteiger partial charge is 0.225 e. The van der Waals surface area contributed by atoms with Crippen molar-refractivity contribution in [3.63, 3.8) is 0 Å². The topological polar surface area (TPSA) is 83.8 Å². The first-order chi connectivity index (χ1) is 7.35. The number of nitrogens with two attached hydrogens (primary N) is 1. The number of nitrogens with one attached hydrogen (secondary N) is 2. The van der Waals surface area contributed by atoms with Crippen molar-refractivity contribution in [2.75, 3.05) is 6.54 Å². The Balaban J connectivity index is 2.66. The standard InChI is InChI=1S/C11H20N4O/c1-7-9(8(2)15-14-7)5-10(16)13-11(3,4)6-12/h5-6,12H2,1-4H3,(H,13,16)(H,14,15). The van der Waals surface area contributed by atoms with Gasteiger partial charge in [0.25, 0.3) is 0 Å². The van der Waals surface area contributed by atoms with E-state index >= 15 is 0 Å². The van der Waals surface area contributed by atoms with E-state index < -0.39 is 0 Å². The molecule has 16 heavy (non-hydrogen) atoms. The number of hydrogen-bond donors (Lipinski definition) is 3. The molecule has 0 atom stereocenters. The molecule has 1 aromatic heterocycles. The summed E-state index contributed by atoms with van der Waals surface area (Å²) in [6.45, 7) is 8.03. The molecule has 0 aliphatic heterocycles. The number of carbonyl (C=O) groups is 1. The second-order valence-corrected chi connectivity index (χ2v) is 4.73. The summed E-state index contributed by atoms with van der Waals surface area (Å²) in [5, 5.41) is 9.81. The van der Waals surface area contributed by atoms with Crippen LogP contribution in [0, 0.1) is 13.8 Å². The maximum Gasteiger partial charge on any atom is 0.225 e. The van der Waals surface area contributed by atoms with Crippen LogP contribution in [0.2, 0.25) is 0 Å². The van der Waals surface area contributed by atoms with E-state index in [1.165, 1.54) is 0 Å². The number of amides is 1. The molecule has 1 rings (SSSR count). The maximum absolute atomic E-state index is 11.8. The van der Waals surface area contributed by atoms with Gasteiger partial charge in [0.15, 0.2) is 0 Å². The highest BCUT2D eigenvalue weighted by molar-refractivity contribution is 5.79. The van der Waals surface area contributed by atoms with Crippen molar-refractivity contribution in [2.45, 2.75) is 39.7 Å². The average Bonchev–Trinajstić information content (AvgIpc) is 2.49. The van der Waals surface area contributed by atoms with Gasteiger partial charge in [0, 0.05) is 23.3 Å². The third kappa shape index (κ3) is 3.06. The predicted molar refractivity (Wildman–Crippen MR) is 63.0 cm³/mol. The highest BCUT2D eigenvalue weighted by atomic mass is 16.1. The number of aryl methyl sites for hydroxylation is 2. The second-order valence-electron chi connectivity index (χ2n) is 4.73. The van der Waals surface area contributed by atoms with Gasteiger partial charge in [0.05, 0.1) is 12.1 Å². The number of nitrogens with zero attached hydrogens (tertiary/aromatic N) is 1. The van der Waals surface area contributed by atoms with E-state index in [2.05, 4.69) is 15.5 Å². The molecule has 1 heterocycles. The molecule has 0 spiro atoms. The van der Waals surface area contributed by atoms with Crippen LogP contribution in [0.3, 0.4) is 0 Å². The number of carbonyl (C=O) groups excluding carboxylic acids is 1. The van der Waals surface area contributed by atoms with Gasteiger partial charge in [-0.25, -0.2) is 0 Å². The Bertz CT molecular complexity index is 362.